The van der Waals surface area contributed by atoms with Crippen molar-refractivity contribution in [3.8, 4) is 5.75 Å². The maximum Gasteiger partial charge on any atom is 0.257 e. The molecule has 3 amide bonds. The second kappa shape index (κ2) is 7.39. The normalized spacial score (nSPS) is 19.1. The van der Waals surface area contributed by atoms with Gasteiger partial charge in [-0.3, -0.25) is 14.4 Å². The Labute approximate surface area is 171 Å². The van der Waals surface area contributed by atoms with Gasteiger partial charge in [0.15, 0.2) is 0 Å². The Morgan fingerprint density at radius 1 is 1.14 bits per heavy atom. The summed E-state index contributed by atoms with van der Waals surface area (Å²) in [7, 11) is 1.54. The molecule has 2 aromatic rings. The second-order valence-electron chi connectivity index (χ2n) is 6.94. The molecule has 1 heterocycles. The van der Waals surface area contributed by atoms with E-state index in [-0.39, 0.29) is 30.2 Å². The number of nitrogens with zero attached hydrogens (tertiary/aromatic N) is 2. The van der Waals surface area contributed by atoms with E-state index in [4.69, 9.17) is 4.74 Å². The molecule has 1 saturated carbocycles. The van der Waals surface area contributed by atoms with Gasteiger partial charge >= 0.3 is 0 Å². The molecule has 1 unspecified atom stereocenters. The highest BCUT2D eigenvalue weighted by atomic mass is 79.9. The minimum absolute atomic E-state index is 0.00110. The smallest absolute Gasteiger partial charge is 0.257 e. The summed E-state index contributed by atoms with van der Waals surface area (Å²) in [5.74, 6) is -0.311. The third-order valence-corrected chi connectivity index (χ3v) is 5.56. The van der Waals surface area contributed by atoms with Crippen LogP contribution >= 0.6 is 15.9 Å². The highest BCUT2D eigenvalue weighted by molar-refractivity contribution is 9.10. The molecule has 0 aromatic heterocycles. The lowest BCUT2D eigenvalue weighted by Gasteiger charge is -2.28. The van der Waals surface area contributed by atoms with E-state index in [0.29, 0.717) is 17.0 Å². The molecule has 4 rings (SSSR count). The minimum Gasteiger partial charge on any atom is -0.497 e. The number of anilines is 1. The summed E-state index contributed by atoms with van der Waals surface area (Å²) < 4.78 is 6.07. The fraction of sp³-hybridized carbons (Fsp3) is 0.286. The van der Waals surface area contributed by atoms with E-state index in [1.807, 2.05) is 0 Å². The first-order valence-electron chi connectivity index (χ1n) is 9.08. The highest BCUT2D eigenvalue weighted by Crippen LogP contribution is 2.35. The number of hydrogen-bond acceptors (Lipinski definition) is 4. The summed E-state index contributed by atoms with van der Waals surface area (Å²) in [4.78, 5) is 41.7. The van der Waals surface area contributed by atoms with E-state index in [2.05, 4.69) is 15.9 Å². The fourth-order valence-corrected chi connectivity index (χ4v) is 3.78. The number of amides is 3. The Bertz CT molecular complexity index is 940. The molecule has 144 valence electrons. The van der Waals surface area contributed by atoms with Crippen LogP contribution in [0, 0.1) is 0 Å². The van der Waals surface area contributed by atoms with E-state index < -0.39 is 6.04 Å². The van der Waals surface area contributed by atoms with Gasteiger partial charge in [0.05, 0.1) is 19.2 Å². The summed E-state index contributed by atoms with van der Waals surface area (Å²) >= 11 is 3.35. The van der Waals surface area contributed by atoms with E-state index in [9.17, 15) is 14.4 Å². The summed E-state index contributed by atoms with van der Waals surface area (Å²) in [5, 5.41) is 0. The maximum absolute atomic E-state index is 13.2. The Morgan fingerprint density at radius 3 is 2.50 bits per heavy atom. The van der Waals surface area contributed by atoms with Crippen LogP contribution < -0.4 is 9.64 Å². The van der Waals surface area contributed by atoms with Gasteiger partial charge < -0.3 is 9.64 Å². The monoisotopic (exact) mass is 442 g/mol. The molecule has 6 nitrogen and oxygen atoms in total. The van der Waals surface area contributed by atoms with Crippen LogP contribution in [0.2, 0.25) is 0 Å². The standard InChI is InChI=1S/C21H19BrN2O4/c1-28-17-4-2-3-13(11-17)20(26)23(15-9-10-15)18-12-19(25)24(21(18)27)16-7-5-14(22)6-8-16/h2-8,11,15,18H,9-10,12H2,1H3. The summed E-state index contributed by atoms with van der Waals surface area (Å²) in [5.41, 5.74) is 0.971. The first kappa shape index (κ1) is 18.7. The van der Waals surface area contributed by atoms with E-state index >= 15 is 0 Å². The third-order valence-electron chi connectivity index (χ3n) is 5.03. The van der Waals surface area contributed by atoms with Crippen molar-refractivity contribution in [3.05, 3.63) is 58.6 Å². The van der Waals surface area contributed by atoms with Gasteiger partial charge in [0, 0.05) is 16.1 Å². The molecular weight excluding hydrogens is 424 g/mol. The van der Waals surface area contributed by atoms with Crippen molar-refractivity contribution >= 4 is 39.3 Å². The van der Waals surface area contributed by atoms with Gasteiger partial charge in [0.1, 0.15) is 11.8 Å². The number of carbonyl (C=O) groups excluding carboxylic acids is 3. The molecule has 0 radical (unpaired) electrons. The number of hydrogen-bond donors (Lipinski definition) is 0. The maximum atomic E-state index is 13.2. The van der Waals surface area contributed by atoms with Gasteiger partial charge in [0.2, 0.25) is 5.91 Å². The molecule has 0 N–H and O–H groups in total. The number of imide groups is 1. The minimum atomic E-state index is -0.776. The van der Waals surface area contributed by atoms with Crippen LogP contribution in [-0.2, 0) is 9.59 Å². The number of rotatable bonds is 5. The first-order chi connectivity index (χ1) is 13.5. The largest absolute Gasteiger partial charge is 0.497 e. The molecule has 1 atom stereocenters. The van der Waals surface area contributed by atoms with Crippen LogP contribution in [0.3, 0.4) is 0 Å². The molecule has 2 aliphatic rings. The fourth-order valence-electron chi connectivity index (χ4n) is 3.51. The highest BCUT2D eigenvalue weighted by Gasteiger charge is 2.48. The molecule has 2 aromatic carbocycles. The molecule has 1 saturated heterocycles. The lowest BCUT2D eigenvalue weighted by molar-refractivity contribution is -0.122. The van der Waals surface area contributed by atoms with Crippen molar-refractivity contribution in [2.45, 2.75) is 31.3 Å². The molecule has 28 heavy (non-hydrogen) atoms. The molecular formula is C21H19BrN2O4. The topological polar surface area (TPSA) is 66.9 Å². The van der Waals surface area contributed by atoms with Crippen molar-refractivity contribution in [1.82, 2.24) is 4.90 Å². The molecule has 2 fully saturated rings. The zero-order valence-corrected chi connectivity index (χ0v) is 16.9. The first-order valence-corrected chi connectivity index (χ1v) is 9.88. The summed E-state index contributed by atoms with van der Waals surface area (Å²) in [6.07, 6.45) is 1.68. The lowest BCUT2D eigenvalue weighted by Crippen LogP contribution is -2.46. The van der Waals surface area contributed by atoms with Gasteiger partial charge in [-0.15, -0.1) is 0 Å². The van der Waals surface area contributed by atoms with Crippen molar-refractivity contribution < 1.29 is 19.1 Å². The quantitative estimate of drug-likeness (QED) is 0.665. The molecule has 0 spiro atoms. The number of carbonyl (C=O) groups is 3. The van der Waals surface area contributed by atoms with Crippen LogP contribution in [0.1, 0.15) is 29.6 Å². The SMILES string of the molecule is COc1cccc(C(=O)N(C2CC2)C2CC(=O)N(c3ccc(Br)cc3)C2=O)c1. The van der Waals surface area contributed by atoms with Gasteiger partial charge in [-0.05, 0) is 55.3 Å². The summed E-state index contributed by atoms with van der Waals surface area (Å²) in [6, 6.07) is 13.1. The van der Waals surface area contributed by atoms with Crippen LogP contribution in [0.25, 0.3) is 0 Å². The Morgan fingerprint density at radius 2 is 1.86 bits per heavy atom. The predicted molar refractivity (Wildman–Crippen MR) is 107 cm³/mol. The van der Waals surface area contributed by atoms with Gasteiger partial charge in [0.25, 0.3) is 11.8 Å². The van der Waals surface area contributed by atoms with E-state index in [0.717, 1.165) is 17.3 Å². The second-order valence-corrected chi connectivity index (χ2v) is 7.85. The molecule has 1 aliphatic carbocycles. The van der Waals surface area contributed by atoms with Crippen LogP contribution in [0.5, 0.6) is 5.75 Å². The van der Waals surface area contributed by atoms with E-state index in [1.54, 1.807) is 53.4 Å². The van der Waals surface area contributed by atoms with Crippen LogP contribution in [-0.4, -0.2) is 41.8 Å². The van der Waals surface area contributed by atoms with Crippen LogP contribution in [0.15, 0.2) is 53.0 Å². The zero-order chi connectivity index (χ0) is 19.8. The zero-order valence-electron chi connectivity index (χ0n) is 15.3. The molecule has 1 aliphatic heterocycles. The average molecular weight is 443 g/mol. The van der Waals surface area contributed by atoms with Gasteiger partial charge in [-0.1, -0.05) is 22.0 Å². The Balaban J connectivity index is 1.63. The number of halogens is 1. The lowest BCUT2D eigenvalue weighted by atomic mass is 10.1. The van der Waals surface area contributed by atoms with Crippen LogP contribution in [0.4, 0.5) is 5.69 Å². The van der Waals surface area contributed by atoms with Crippen molar-refractivity contribution in [1.29, 1.82) is 0 Å². The number of methoxy groups -OCH3 is 1. The molecule has 7 heteroatoms. The number of ether oxygens (including phenoxy) is 1. The summed E-state index contributed by atoms with van der Waals surface area (Å²) in [6.45, 7) is 0. The van der Waals surface area contributed by atoms with Crippen molar-refractivity contribution in [2.75, 3.05) is 12.0 Å². The van der Waals surface area contributed by atoms with Gasteiger partial charge in [-0.2, -0.15) is 0 Å². The third kappa shape index (κ3) is 3.42. The Hall–Kier alpha value is -2.67. The van der Waals surface area contributed by atoms with Crippen molar-refractivity contribution in [2.24, 2.45) is 0 Å². The van der Waals surface area contributed by atoms with Crippen molar-refractivity contribution in [3.63, 3.8) is 0 Å². The predicted octanol–water partition coefficient (Wildman–Crippen LogP) is 3.39. The average Bonchev–Trinajstić information content (AvgIpc) is 3.49. The van der Waals surface area contributed by atoms with E-state index in [1.165, 1.54) is 12.0 Å². The van der Waals surface area contributed by atoms with Gasteiger partial charge in [-0.25, -0.2) is 4.90 Å². The molecule has 0 bridgehead atoms. The Kier molecular flexibility index (Phi) is 4.93. The number of benzene rings is 2.